The number of carbonyl (C=O) groups is 1. The maximum absolute atomic E-state index is 12.3. The molecule has 23 heavy (non-hydrogen) atoms. The summed E-state index contributed by atoms with van der Waals surface area (Å²) in [4.78, 5) is 12.3. The van der Waals surface area contributed by atoms with Gasteiger partial charge in [-0.05, 0) is 57.4 Å². The Bertz CT molecular complexity index is 561. The number of aromatic nitrogens is 2. The molecule has 0 radical (unpaired) electrons. The van der Waals surface area contributed by atoms with E-state index in [1.54, 1.807) is 0 Å². The number of hydrogen-bond donors (Lipinski definition) is 2. The summed E-state index contributed by atoms with van der Waals surface area (Å²) >= 11 is 0. The molecule has 0 aliphatic heterocycles. The summed E-state index contributed by atoms with van der Waals surface area (Å²) in [5.41, 5.74) is 2.90. The van der Waals surface area contributed by atoms with Crippen LogP contribution in [0.2, 0.25) is 0 Å². The number of aliphatic hydroxyl groups excluding tert-OH is 1. The van der Waals surface area contributed by atoms with Crippen LogP contribution >= 0.6 is 0 Å². The van der Waals surface area contributed by atoms with Crippen LogP contribution in [0.3, 0.4) is 0 Å². The van der Waals surface area contributed by atoms with Crippen molar-refractivity contribution in [3.63, 3.8) is 0 Å². The Kier molecular flexibility index (Phi) is 5.50. The fourth-order valence-electron chi connectivity index (χ4n) is 3.23. The minimum Gasteiger partial charge on any atom is -0.394 e. The van der Waals surface area contributed by atoms with Crippen molar-refractivity contribution in [1.82, 2.24) is 15.1 Å². The third-order valence-electron chi connectivity index (χ3n) is 4.90. The summed E-state index contributed by atoms with van der Waals surface area (Å²) in [6.07, 6.45) is 3.33. The Morgan fingerprint density at radius 2 is 2.09 bits per heavy atom. The summed E-state index contributed by atoms with van der Waals surface area (Å²) in [6, 6.07) is 0. The van der Waals surface area contributed by atoms with Crippen LogP contribution in [0.4, 0.5) is 0 Å². The lowest BCUT2D eigenvalue weighted by atomic mass is 9.96. The van der Waals surface area contributed by atoms with Crippen molar-refractivity contribution >= 4 is 5.91 Å². The van der Waals surface area contributed by atoms with Crippen LogP contribution in [0.5, 0.6) is 0 Å². The van der Waals surface area contributed by atoms with Gasteiger partial charge in [-0.2, -0.15) is 5.10 Å². The molecule has 130 valence electrons. The Morgan fingerprint density at radius 3 is 2.61 bits per heavy atom. The normalized spacial score (nSPS) is 17.3. The van der Waals surface area contributed by atoms with Crippen molar-refractivity contribution in [3.8, 4) is 0 Å². The lowest BCUT2D eigenvalue weighted by molar-refractivity contribution is -0.123. The molecule has 1 aromatic heterocycles. The van der Waals surface area contributed by atoms with E-state index < -0.39 is 5.54 Å². The maximum Gasteiger partial charge on any atom is 0.220 e. The molecule has 1 aromatic rings. The smallest absolute Gasteiger partial charge is 0.220 e. The van der Waals surface area contributed by atoms with E-state index >= 15 is 0 Å². The molecule has 5 nitrogen and oxygen atoms in total. The largest absolute Gasteiger partial charge is 0.394 e. The number of hydrogen-bond acceptors (Lipinski definition) is 3. The first-order valence-electron chi connectivity index (χ1n) is 8.71. The molecule has 5 heteroatoms. The van der Waals surface area contributed by atoms with Crippen molar-refractivity contribution in [2.45, 2.75) is 72.4 Å². The number of carbonyl (C=O) groups excluding carboxylic acids is 1. The molecule has 0 aromatic carbocycles. The Hall–Kier alpha value is -1.36. The highest BCUT2D eigenvalue weighted by molar-refractivity contribution is 5.77. The molecule has 1 saturated carbocycles. The predicted molar refractivity (Wildman–Crippen MR) is 91.2 cm³/mol. The number of aliphatic hydroxyl groups is 1. The molecule has 2 rings (SSSR count). The minimum atomic E-state index is -0.455. The van der Waals surface area contributed by atoms with Gasteiger partial charge in [-0.1, -0.05) is 13.8 Å². The van der Waals surface area contributed by atoms with E-state index in [4.69, 9.17) is 0 Å². The topological polar surface area (TPSA) is 67.2 Å². The highest BCUT2D eigenvalue weighted by Crippen LogP contribution is 2.39. The molecule has 0 saturated heterocycles. The first-order chi connectivity index (χ1) is 10.8. The Balaban J connectivity index is 1.95. The first-order valence-corrected chi connectivity index (χ1v) is 8.71. The number of rotatable bonds is 8. The molecule has 1 unspecified atom stereocenters. The van der Waals surface area contributed by atoms with Gasteiger partial charge in [-0.25, -0.2) is 0 Å². The van der Waals surface area contributed by atoms with E-state index in [0.29, 0.717) is 24.7 Å². The van der Waals surface area contributed by atoms with Gasteiger partial charge in [0.25, 0.3) is 0 Å². The van der Waals surface area contributed by atoms with Crippen LogP contribution in [0.1, 0.15) is 57.0 Å². The van der Waals surface area contributed by atoms with E-state index in [9.17, 15) is 9.90 Å². The molecule has 1 aliphatic rings. The van der Waals surface area contributed by atoms with E-state index in [1.807, 2.05) is 13.8 Å². The van der Waals surface area contributed by atoms with Crippen LogP contribution in [0.25, 0.3) is 0 Å². The third-order valence-corrected chi connectivity index (χ3v) is 4.90. The van der Waals surface area contributed by atoms with E-state index in [0.717, 1.165) is 30.8 Å². The molecule has 1 heterocycles. The Morgan fingerprint density at radius 1 is 1.43 bits per heavy atom. The number of amides is 1. The summed E-state index contributed by atoms with van der Waals surface area (Å²) in [5.74, 6) is 0.991. The fourth-order valence-corrected chi connectivity index (χ4v) is 3.23. The second-order valence-corrected chi connectivity index (χ2v) is 7.62. The zero-order valence-electron chi connectivity index (χ0n) is 15.1. The van der Waals surface area contributed by atoms with Gasteiger partial charge >= 0.3 is 0 Å². The van der Waals surface area contributed by atoms with Crippen LogP contribution in [0.15, 0.2) is 0 Å². The summed E-state index contributed by atoms with van der Waals surface area (Å²) in [5, 5.41) is 17.2. The Labute approximate surface area is 139 Å². The summed E-state index contributed by atoms with van der Waals surface area (Å²) < 4.78 is 2.05. The summed E-state index contributed by atoms with van der Waals surface area (Å²) in [7, 11) is 0. The van der Waals surface area contributed by atoms with Crippen LogP contribution in [-0.4, -0.2) is 32.9 Å². The number of aryl methyl sites for hydroxylation is 1. The van der Waals surface area contributed by atoms with Gasteiger partial charge in [0.15, 0.2) is 0 Å². The average molecular weight is 321 g/mol. The van der Waals surface area contributed by atoms with E-state index in [-0.39, 0.29) is 12.5 Å². The zero-order valence-corrected chi connectivity index (χ0v) is 15.1. The molecule has 1 amide bonds. The lowest BCUT2D eigenvalue weighted by Crippen LogP contribution is -2.50. The van der Waals surface area contributed by atoms with Gasteiger partial charge in [0.2, 0.25) is 5.91 Å². The lowest BCUT2D eigenvalue weighted by Gasteiger charge is -2.28. The summed E-state index contributed by atoms with van der Waals surface area (Å²) in [6.45, 7) is 11.3. The van der Waals surface area contributed by atoms with Gasteiger partial charge in [-0.15, -0.1) is 0 Å². The molecule has 0 spiro atoms. The van der Waals surface area contributed by atoms with Gasteiger partial charge < -0.3 is 10.4 Å². The standard InChI is InChI=1S/C18H31N3O2/c1-12(2)10-21-14(4)16(13(3)20-21)8-9-17(23)19-18(5,11-22)15-6-7-15/h12,15,22H,6-11H2,1-5H3,(H,19,23). The van der Waals surface area contributed by atoms with E-state index in [1.165, 1.54) is 5.56 Å². The van der Waals surface area contributed by atoms with E-state index in [2.05, 4.69) is 35.9 Å². The monoisotopic (exact) mass is 321 g/mol. The fraction of sp³-hybridized carbons (Fsp3) is 0.778. The highest BCUT2D eigenvalue weighted by atomic mass is 16.3. The molecular formula is C18H31N3O2. The molecule has 1 atom stereocenters. The SMILES string of the molecule is Cc1nn(CC(C)C)c(C)c1CCC(=O)NC(C)(CO)C1CC1. The van der Waals surface area contributed by atoms with Gasteiger partial charge in [-0.3, -0.25) is 9.48 Å². The predicted octanol–water partition coefficient (Wildman–Crippen LogP) is 2.37. The van der Waals surface area contributed by atoms with Crippen molar-refractivity contribution in [3.05, 3.63) is 17.0 Å². The molecule has 2 N–H and O–H groups in total. The van der Waals surface area contributed by atoms with Crippen molar-refractivity contribution in [2.75, 3.05) is 6.61 Å². The second-order valence-electron chi connectivity index (χ2n) is 7.62. The van der Waals surface area contributed by atoms with Crippen LogP contribution in [0, 0.1) is 25.7 Å². The quantitative estimate of drug-likeness (QED) is 0.772. The molecule has 1 fully saturated rings. The number of nitrogens with zero attached hydrogens (tertiary/aromatic N) is 2. The first kappa shape index (κ1) is 18.0. The van der Waals surface area contributed by atoms with Gasteiger partial charge in [0.05, 0.1) is 17.8 Å². The maximum atomic E-state index is 12.3. The minimum absolute atomic E-state index is 0.00772. The van der Waals surface area contributed by atoms with Crippen molar-refractivity contribution in [1.29, 1.82) is 0 Å². The average Bonchev–Trinajstić information content (AvgIpc) is 3.27. The molecule has 1 aliphatic carbocycles. The molecular weight excluding hydrogens is 290 g/mol. The van der Waals surface area contributed by atoms with Crippen LogP contribution in [-0.2, 0) is 17.8 Å². The molecule has 0 bridgehead atoms. The van der Waals surface area contributed by atoms with Gasteiger partial charge in [0, 0.05) is 18.7 Å². The van der Waals surface area contributed by atoms with Crippen LogP contribution < -0.4 is 5.32 Å². The second kappa shape index (κ2) is 7.04. The number of nitrogens with one attached hydrogen (secondary N) is 1. The van der Waals surface area contributed by atoms with Crippen molar-refractivity contribution in [2.24, 2.45) is 11.8 Å². The highest BCUT2D eigenvalue weighted by Gasteiger charge is 2.42. The van der Waals surface area contributed by atoms with Gasteiger partial charge in [0.1, 0.15) is 0 Å². The zero-order chi connectivity index (χ0) is 17.2. The van der Waals surface area contributed by atoms with Crippen molar-refractivity contribution < 1.29 is 9.90 Å². The third kappa shape index (κ3) is 4.34.